The van der Waals surface area contributed by atoms with Crippen LogP contribution in [0.1, 0.15) is 249 Å². The molecule has 0 amide bonds. The molecule has 2 N–H and O–H groups in total. The van der Waals surface area contributed by atoms with Crippen LogP contribution >= 0.6 is 0 Å². The number of fused-ring (bicyclic) bond motifs is 14. The zero-order valence-electron chi connectivity index (χ0n) is 47.3. The van der Waals surface area contributed by atoms with E-state index in [4.69, 9.17) is 0 Å². The standard InChI is InChI=1S/C33H56.C31H52O2.CH4/c1-21-14-16-31(9)26(29(21,6)7)15-17-33(11)27(31)13-12-24-25-20-28(4,5)22(2)23(3)30(25,8)18-19-32(24,33)10;1-19-12-14-29(7)22(27(19,4)5)13-15-31(9)23(29)11-10-20-21-18-26(2,3)24(32)25(33)28(21,6)16-17-30(20,31)8;/h12,21-23,25-27H,13-20H2,1-11H3;10,19,21-25,32-33H,11-18H2,1-9H3;1H4. The van der Waals surface area contributed by atoms with Crippen molar-refractivity contribution in [3.63, 3.8) is 0 Å². The predicted molar refractivity (Wildman–Crippen MR) is 286 cm³/mol. The molecule has 8 fully saturated rings. The SMILES string of the molecule is C.CC1C(C)C2(C)CCC3(C)C(=CCC4C5(C)CCC(C)C(C)(C)C5CCC43C)C2CC1(C)C.CC1CCC2(C)C(CCC3(C)C2CC=C2C4CC(C)(C)C(O)C(O)C4(C)CCC23C)C1(C)C. The molecule has 10 aliphatic carbocycles. The van der Waals surface area contributed by atoms with Crippen molar-refractivity contribution in [1.29, 1.82) is 0 Å². The van der Waals surface area contributed by atoms with Gasteiger partial charge >= 0.3 is 0 Å². The van der Waals surface area contributed by atoms with Crippen molar-refractivity contribution < 1.29 is 10.2 Å². The molecule has 0 aromatic rings. The summed E-state index contributed by atoms with van der Waals surface area (Å²) in [5.74, 6) is 7.83. The Morgan fingerprint density at radius 3 is 1.22 bits per heavy atom. The summed E-state index contributed by atoms with van der Waals surface area (Å²) in [4.78, 5) is 0. The van der Waals surface area contributed by atoms with E-state index in [2.05, 4.69) is 151 Å². The van der Waals surface area contributed by atoms with Gasteiger partial charge in [0.05, 0.1) is 12.2 Å². The Balaban J connectivity index is 0.000000179. The smallest absolute Gasteiger partial charge is 0.0863 e. The molecule has 0 saturated heterocycles. The van der Waals surface area contributed by atoms with Crippen LogP contribution in [0.15, 0.2) is 23.3 Å². The van der Waals surface area contributed by atoms with Crippen LogP contribution in [0.5, 0.6) is 0 Å². The first-order valence-corrected chi connectivity index (χ1v) is 28.9. The third-order valence-electron chi connectivity index (χ3n) is 29.1. The summed E-state index contributed by atoms with van der Waals surface area (Å²) in [6, 6.07) is 0. The van der Waals surface area contributed by atoms with Crippen LogP contribution < -0.4 is 0 Å². The number of allylic oxidation sites excluding steroid dienone is 4. The molecule has 2 nitrogen and oxygen atoms in total. The molecule has 0 aromatic heterocycles. The molecule has 10 aliphatic rings. The molecule has 10 rings (SSSR count). The second-order valence-corrected chi connectivity index (χ2v) is 32.1. The Hall–Kier alpha value is -0.600. The van der Waals surface area contributed by atoms with E-state index < -0.39 is 12.2 Å². The highest BCUT2D eigenvalue weighted by molar-refractivity contribution is 5.36. The summed E-state index contributed by atoms with van der Waals surface area (Å²) in [6.07, 6.45) is 25.6. The first-order valence-electron chi connectivity index (χ1n) is 28.9. The molecular weight excluding hydrogens is 813 g/mol. The van der Waals surface area contributed by atoms with Gasteiger partial charge in [0.25, 0.3) is 0 Å². The van der Waals surface area contributed by atoms with Crippen LogP contribution in [0.4, 0.5) is 0 Å². The van der Waals surface area contributed by atoms with Gasteiger partial charge in [0.15, 0.2) is 0 Å². The van der Waals surface area contributed by atoms with E-state index in [1.807, 2.05) is 5.57 Å². The molecule has 0 heterocycles. The van der Waals surface area contributed by atoms with Gasteiger partial charge in [0.1, 0.15) is 0 Å². The number of hydrogen-bond acceptors (Lipinski definition) is 2. The molecule has 0 aromatic carbocycles. The fourth-order valence-corrected chi connectivity index (χ4v) is 22.4. The Bertz CT molecular complexity index is 1840. The van der Waals surface area contributed by atoms with Crippen molar-refractivity contribution in [1.82, 2.24) is 0 Å². The van der Waals surface area contributed by atoms with Crippen LogP contribution in [-0.2, 0) is 0 Å². The molecule has 384 valence electrons. The Morgan fingerprint density at radius 2 is 0.791 bits per heavy atom. The highest BCUT2D eigenvalue weighted by Crippen LogP contribution is 2.79. The van der Waals surface area contributed by atoms with Gasteiger partial charge in [-0.1, -0.05) is 169 Å². The zero-order chi connectivity index (χ0) is 48.8. The van der Waals surface area contributed by atoms with Crippen molar-refractivity contribution in [2.75, 3.05) is 0 Å². The van der Waals surface area contributed by atoms with E-state index in [1.165, 1.54) is 83.5 Å². The largest absolute Gasteiger partial charge is 0.390 e. The van der Waals surface area contributed by atoms with Crippen LogP contribution in [-0.4, -0.2) is 22.4 Å². The summed E-state index contributed by atoms with van der Waals surface area (Å²) in [5, 5.41) is 22.3. The van der Waals surface area contributed by atoms with Crippen LogP contribution in [0.2, 0.25) is 0 Å². The first kappa shape index (κ1) is 52.7. The quantitative estimate of drug-likeness (QED) is 0.238. The van der Waals surface area contributed by atoms with E-state index in [9.17, 15) is 10.2 Å². The third-order valence-corrected chi connectivity index (χ3v) is 29.1. The maximum atomic E-state index is 11.3. The van der Waals surface area contributed by atoms with Crippen LogP contribution in [0.3, 0.4) is 0 Å². The van der Waals surface area contributed by atoms with Gasteiger partial charge in [-0.25, -0.2) is 0 Å². The Morgan fingerprint density at radius 1 is 0.403 bits per heavy atom. The van der Waals surface area contributed by atoms with Gasteiger partial charge in [-0.2, -0.15) is 0 Å². The van der Waals surface area contributed by atoms with Gasteiger partial charge in [-0.05, 0) is 221 Å². The molecule has 0 bridgehead atoms. The minimum Gasteiger partial charge on any atom is -0.390 e. The summed E-state index contributed by atoms with van der Waals surface area (Å²) in [6.45, 7) is 51.2. The summed E-state index contributed by atoms with van der Waals surface area (Å²) < 4.78 is 0. The van der Waals surface area contributed by atoms with Crippen molar-refractivity contribution in [2.45, 2.75) is 261 Å². The molecule has 0 aliphatic heterocycles. The fraction of sp³-hybridized carbons (Fsp3) is 0.938. The number of rotatable bonds is 0. The van der Waals surface area contributed by atoms with Crippen molar-refractivity contribution in [2.24, 2.45) is 124 Å². The molecule has 0 radical (unpaired) electrons. The van der Waals surface area contributed by atoms with Crippen LogP contribution in [0.25, 0.3) is 0 Å². The minimum atomic E-state index is -0.629. The molecule has 2 heteroatoms. The molecule has 8 saturated carbocycles. The maximum Gasteiger partial charge on any atom is 0.0863 e. The van der Waals surface area contributed by atoms with E-state index >= 15 is 0 Å². The zero-order valence-corrected chi connectivity index (χ0v) is 47.3. The lowest BCUT2D eigenvalue weighted by molar-refractivity contribution is -0.212. The average Bonchev–Trinajstić information content (AvgIpc) is 3.22. The lowest BCUT2D eigenvalue weighted by atomic mass is 9.32. The molecule has 20 atom stereocenters. The van der Waals surface area contributed by atoms with Crippen LogP contribution in [0, 0.1) is 124 Å². The van der Waals surface area contributed by atoms with Gasteiger partial charge < -0.3 is 10.2 Å². The van der Waals surface area contributed by atoms with Crippen molar-refractivity contribution in [3.05, 3.63) is 23.3 Å². The van der Waals surface area contributed by atoms with E-state index in [1.54, 1.807) is 5.57 Å². The van der Waals surface area contributed by atoms with Gasteiger partial charge in [0.2, 0.25) is 0 Å². The first-order chi connectivity index (χ1) is 30.1. The molecule has 20 unspecified atom stereocenters. The third kappa shape index (κ3) is 6.61. The van der Waals surface area contributed by atoms with E-state index in [0.717, 1.165) is 72.5 Å². The van der Waals surface area contributed by atoms with Crippen molar-refractivity contribution in [3.8, 4) is 0 Å². The highest BCUT2D eigenvalue weighted by Gasteiger charge is 2.71. The van der Waals surface area contributed by atoms with Crippen molar-refractivity contribution >= 4 is 0 Å². The summed E-state index contributed by atoms with van der Waals surface area (Å²) >= 11 is 0. The number of hydrogen-bond donors (Lipinski definition) is 2. The van der Waals surface area contributed by atoms with Gasteiger partial charge in [-0.3, -0.25) is 0 Å². The van der Waals surface area contributed by atoms with Gasteiger partial charge in [0, 0.05) is 5.41 Å². The summed E-state index contributed by atoms with van der Waals surface area (Å²) in [5.41, 5.74) is 7.34. The second-order valence-electron chi connectivity index (χ2n) is 32.1. The average molecular weight is 926 g/mol. The number of aliphatic hydroxyl groups is 2. The van der Waals surface area contributed by atoms with Gasteiger partial charge in [-0.15, -0.1) is 0 Å². The van der Waals surface area contributed by atoms with E-state index in [-0.39, 0.29) is 23.7 Å². The predicted octanol–water partition coefficient (Wildman–Crippen LogP) is 18.0. The topological polar surface area (TPSA) is 40.5 Å². The highest BCUT2D eigenvalue weighted by atomic mass is 16.3. The molecule has 67 heavy (non-hydrogen) atoms. The monoisotopic (exact) mass is 925 g/mol. The number of aliphatic hydroxyl groups excluding tert-OH is 2. The normalized spacial score (nSPS) is 56.3. The lowest BCUT2D eigenvalue weighted by Crippen LogP contribution is -2.66. The lowest BCUT2D eigenvalue weighted by Gasteiger charge is -2.72. The fourth-order valence-electron chi connectivity index (χ4n) is 22.4. The molecule has 0 spiro atoms. The Kier molecular flexibility index (Phi) is 12.4. The maximum absolute atomic E-state index is 11.3. The summed E-state index contributed by atoms with van der Waals surface area (Å²) in [7, 11) is 0. The van der Waals surface area contributed by atoms with E-state index in [0.29, 0.717) is 54.7 Å². The molecular formula is C65H112O2. The minimum absolute atomic E-state index is 0. The Labute approximate surface area is 416 Å². The second kappa shape index (κ2) is 15.7.